The van der Waals surface area contributed by atoms with Crippen LogP contribution in [0.3, 0.4) is 0 Å². The van der Waals surface area contributed by atoms with Crippen LogP contribution in [0.5, 0.6) is 5.75 Å². The summed E-state index contributed by atoms with van der Waals surface area (Å²) in [4.78, 5) is 14.8. The molecular formula is C18H25FN2O3S2. The van der Waals surface area contributed by atoms with E-state index >= 15 is 0 Å². The van der Waals surface area contributed by atoms with Gasteiger partial charge in [-0.1, -0.05) is 20.8 Å². The van der Waals surface area contributed by atoms with E-state index in [0.717, 1.165) is 35.1 Å². The number of hydrogen-bond donors (Lipinski definition) is 1. The number of rotatable bonds is 5. The van der Waals surface area contributed by atoms with Gasteiger partial charge in [0.15, 0.2) is 0 Å². The van der Waals surface area contributed by atoms with Gasteiger partial charge < -0.3 is 14.7 Å². The number of hydrogen-bond acceptors (Lipinski definition) is 6. The van der Waals surface area contributed by atoms with Gasteiger partial charge in [0.1, 0.15) is 12.0 Å². The number of likely N-dealkylation sites (N-methyl/N-ethyl adjacent to an activating group) is 1. The standard InChI is InChI=1S/C18H25FN2O3S2/c1-18(2,3)11-21-7-6-20(4)26-15-9-14(16(25-5)8-13(15)21)24-10-12(19)17(22)23/h8-10H,6-7,11H2,1-5H3,(H,22,23)/b12-10-. The van der Waals surface area contributed by atoms with Crippen molar-refractivity contribution >= 4 is 35.4 Å². The molecule has 0 radical (unpaired) electrons. The molecule has 0 saturated carbocycles. The van der Waals surface area contributed by atoms with Gasteiger partial charge in [0.2, 0.25) is 5.83 Å². The number of anilines is 1. The SMILES string of the molecule is CSc1cc2c(cc1O/C=C(\F)C(=O)O)SN(C)CCN2CC(C)(C)C. The normalized spacial score (nSPS) is 16.2. The second kappa shape index (κ2) is 8.54. The summed E-state index contributed by atoms with van der Waals surface area (Å²) >= 11 is 3.09. The molecule has 1 aliphatic heterocycles. The molecule has 144 valence electrons. The van der Waals surface area contributed by atoms with Gasteiger partial charge in [-0.2, -0.15) is 4.39 Å². The van der Waals surface area contributed by atoms with E-state index in [1.54, 1.807) is 11.9 Å². The Balaban J connectivity index is 2.43. The third kappa shape index (κ3) is 5.56. The lowest BCUT2D eigenvalue weighted by atomic mass is 9.95. The smallest absolute Gasteiger partial charge is 0.368 e. The lowest BCUT2D eigenvalue weighted by Crippen LogP contribution is -2.35. The average molecular weight is 401 g/mol. The molecule has 26 heavy (non-hydrogen) atoms. The fourth-order valence-electron chi connectivity index (χ4n) is 2.60. The third-order valence-corrected chi connectivity index (χ3v) is 5.46. The van der Waals surface area contributed by atoms with Crippen molar-refractivity contribution < 1.29 is 19.0 Å². The summed E-state index contributed by atoms with van der Waals surface area (Å²) in [5.41, 5.74) is 1.26. The third-order valence-electron chi connectivity index (χ3n) is 3.68. The van der Waals surface area contributed by atoms with Gasteiger partial charge in [-0.25, -0.2) is 9.10 Å². The van der Waals surface area contributed by atoms with E-state index in [0.29, 0.717) is 12.0 Å². The van der Waals surface area contributed by atoms with Crippen LogP contribution >= 0.6 is 23.7 Å². The van der Waals surface area contributed by atoms with Crippen LogP contribution < -0.4 is 9.64 Å². The van der Waals surface area contributed by atoms with Crippen molar-refractivity contribution in [3.05, 3.63) is 24.2 Å². The minimum atomic E-state index is -1.64. The Bertz CT molecular complexity index is 704. The zero-order valence-corrected chi connectivity index (χ0v) is 17.3. The van der Waals surface area contributed by atoms with Gasteiger partial charge in [0.05, 0.1) is 15.5 Å². The van der Waals surface area contributed by atoms with Crippen molar-refractivity contribution in [2.75, 3.05) is 37.8 Å². The van der Waals surface area contributed by atoms with Crippen LogP contribution in [-0.2, 0) is 4.79 Å². The molecule has 1 N–H and O–H groups in total. The van der Waals surface area contributed by atoms with E-state index in [2.05, 4.69) is 30.0 Å². The maximum absolute atomic E-state index is 13.3. The number of benzene rings is 1. The van der Waals surface area contributed by atoms with Crippen molar-refractivity contribution in [2.24, 2.45) is 5.41 Å². The molecule has 0 unspecified atom stereocenters. The number of fused-ring (bicyclic) bond motifs is 1. The zero-order valence-electron chi connectivity index (χ0n) is 15.7. The van der Waals surface area contributed by atoms with Gasteiger partial charge in [-0.3, -0.25) is 0 Å². The number of ether oxygens (including phenoxy) is 1. The lowest BCUT2D eigenvalue weighted by molar-refractivity contribution is -0.134. The minimum absolute atomic E-state index is 0.146. The number of carboxylic acid groups (broad SMARTS) is 1. The van der Waals surface area contributed by atoms with Crippen LogP contribution in [0.25, 0.3) is 0 Å². The van der Waals surface area contributed by atoms with Crippen molar-refractivity contribution in [2.45, 2.75) is 30.6 Å². The highest BCUT2D eigenvalue weighted by Crippen LogP contribution is 2.42. The molecule has 0 bridgehead atoms. The van der Waals surface area contributed by atoms with Gasteiger partial charge in [-0.15, -0.1) is 11.8 Å². The summed E-state index contributed by atoms with van der Waals surface area (Å²) in [5.74, 6) is -2.52. The van der Waals surface area contributed by atoms with E-state index in [9.17, 15) is 9.18 Å². The average Bonchev–Trinajstić information content (AvgIpc) is 2.68. The molecule has 8 heteroatoms. The zero-order chi connectivity index (χ0) is 19.5. The predicted octanol–water partition coefficient (Wildman–Crippen LogP) is 4.49. The Kier molecular flexibility index (Phi) is 6.87. The van der Waals surface area contributed by atoms with E-state index in [1.165, 1.54) is 11.8 Å². The van der Waals surface area contributed by atoms with Crippen LogP contribution in [0.15, 0.2) is 34.0 Å². The largest absolute Gasteiger partial charge is 0.476 e. The summed E-state index contributed by atoms with van der Waals surface area (Å²) in [6.07, 6.45) is 2.55. The van der Waals surface area contributed by atoms with Crippen LogP contribution in [0, 0.1) is 5.41 Å². The van der Waals surface area contributed by atoms with E-state index in [1.807, 2.05) is 25.4 Å². The van der Waals surface area contributed by atoms with E-state index in [-0.39, 0.29) is 5.41 Å². The molecule has 0 atom stereocenters. The first-order chi connectivity index (χ1) is 12.1. The van der Waals surface area contributed by atoms with Crippen molar-refractivity contribution in [3.63, 3.8) is 0 Å². The molecule has 0 saturated heterocycles. The van der Waals surface area contributed by atoms with Gasteiger partial charge in [0.25, 0.3) is 0 Å². The van der Waals surface area contributed by atoms with Crippen LogP contribution in [0.2, 0.25) is 0 Å². The molecular weight excluding hydrogens is 375 g/mol. The first-order valence-corrected chi connectivity index (χ1v) is 10.2. The van der Waals surface area contributed by atoms with Gasteiger partial charge >= 0.3 is 5.97 Å². The topological polar surface area (TPSA) is 53.0 Å². The fourth-order valence-corrected chi connectivity index (χ4v) is 4.09. The second-order valence-electron chi connectivity index (χ2n) is 7.28. The fraction of sp³-hybridized carbons (Fsp3) is 0.500. The van der Waals surface area contributed by atoms with Crippen molar-refractivity contribution in [1.29, 1.82) is 0 Å². The van der Waals surface area contributed by atoms with E-state index < -0.39 is 11.8 Å². The summed E-state index contributed by atoms with van der Waals surface area (Å²) in [6.45, 7) is 9.36. The Morgan fingerprint density at radius 1 is 1.42 bits per heavy atom. The molecule has 1 heterocycles. The number of nitrogens with zero attached hydrogens (tertiary/aromatic N) is 2. The molecule has 0 aliphatic carbocycles. The molecule has 0 aromatic heterocycles. The van der Waals surface area contributed by atoms with Crippen molar-refractivity contribution in [1.82, 2.24) is 4.31 Å². The number of aliphatic carboxylic acids is 1. The molecule has 2 rings (SSSR count). The van der Waals surface area contributed by atoms with Crippen LogP contribution in [0.4, 0.5) is 10.1 Å². The molecule has 1 aromatic rings. The first kappa shape index (κ1) is 20.9. The molecule has 0 spiro atoms. The summed E-state index contributed by atoms with van der Waals surface area (Å²) in [5, 5.41) is 8.65. The molecule has 1 aromatic carbocycles. The Morgan fingerprint density at radius 3 is 2.69 bits per heavy atom. The molecule has 1 aliphatic rings. The Morgan fingerprint density at radius 2 is 2.12 bits per heavy atom. The molecule has 0 amide bonds. The number of thioether (sulfide) groups is 1. The monoisotopic (exact) mass is 400 g/mol. The Labute approximate surface area is 162 Å². The highest BCUT2D eigenvalue weighted by Gasteiger charge is 2.25. The maximum atomic E-state index is 13.3. The maximum Gasteiger partial charge on any atom is 0.368 e. The highest BCUT2D eigenvalue weighted by molar-refractivity contribution is 7.98. The summed E-state index contributed by atoms with van der Waals surface area (Å²) in [6, 6.07) is 3.90. The van der Waals surface area contributed by atoms with Crippen LogP contribution in [0.1, 0.15) is 20.8 Å². The van der Waals surface area contributed by atoms with Gasteiger partial charge in [-0.05, 0) is 42.8 Å². The first-order valence-electron chi connectivity index (χ1n) is 8.22. The second-order valence-corrected chi connectivity index (χ2v) is 9.38. The Hall–Kier alpha value is -1.38. The molecule has 0 fully saturated rings. The van der Waals surface area contributed by atoms with E-state index in [4.69, 9.17) is 9.84 Å². The summed E-state index contributed by atoms with van der Waals surface area (Å²) in [7, 11) is 2.03. The minimum Gasteiger partial charge on any atom is -0.476 e. The number of carbonyl (C=O) groups is 1. The predicted molar refractivity (Wildman–Crippen MR) is 106 cm³/mol. The number of halogens is 1. The molecule has 5 nitrogen and oxygen atoms in total. The lowest BCUT2D eigenvalue weighted by Gasteiger charge is -2.32. The number of carboxylic acids is 1. The quantitative estimate of drug-likeness (QED) is 0.338. The van der Waals surface area contributed by atoms with Crippen LogP contribution in [-0.4, -0.2) is 48.3 Å². The van der Waals surface area contributed by atoms with Gasteiger partial charge in [0, 0.05) is 19.6 Å². The highest BCUT2D eigenvalue weighted by atomic mass is 32.2. The summed E-state index contributed by atoms with van der Waals surface area (Å²) < 4.78 is 20.8. The van der Waals surface area contributed by atoms with Crippen molar-refractivity contribution in [3.8, 4) is 5.75 Å².